The number of carbonyl (C=O) groups excluding carboxylic acids is 1. The number of rotatable bonds is 4. The van der Waals surface area contributed by atoms with Crippen molar-refractivity contribution >= 4 is 5.91 Å². The molecular weight excluding hydrogens is 286 g/mol. The number of carbonyl (C=O) groups is 1. The zero-order chi connectivity index (χ0) is 15.5. The Bertz CT molecular complexity index is 861. The van der Waals surface area contributed by atoms with Crippen molar-refractivity contribution in [3.05, 3.63) is 58.6 Å². The third-order valence-electron chi connectivity index (χ3n) is 3.10. The Morgan fingerprint density at radius 1 is 1.41 bits per heavy atom. The topological polar surface area (TPSA) is 106 Å². The molecule has 0 aromatic carbocycles. The van der Waals surface area contributed by atoms with Crippen molar-refractivity contribution in [1.29, 1.82) is 0 Å². The summed E-state index contributed by atoms with van der Waals surface area (Å²) < 4.78 is 6.74. The first kappa shape index (κ1) is 13.8. The average molecular weight is 299 g/mol. The molecule has 22 heavy (non-hydrogen) atoms. The number of nitrogens with one attached hydrogen (secondary N) is 2. The molecule has 2 N–H and O–H groups in total. The van der Waals surface area contributed by atoms with Gasteiger partial charge in [0.2, 0.25) is 11.7 Å². The summed E-state index contributed by atoms with van der Waals surface area (Å²) in [5.41, 5.74) is 0.535. The van der Waals surface area contributed by atoms with Gasteiger partial charge < -0.3 is 19.4 Å². The van der Waals surface area contributed by atoms with Gasteiger partial charge in [0.25, 0.3) is 11.5 Å². The van der Waals surface area contributed by atoms with Gasteiger partial charge in [0.15, 0.2) is 0 Å². The van der Waals surface area contributed by atoms with Crippen molar-refractivity contribution in [3.8, 4) is 11.4 Å². The Morgan fingerprint density at radius 2 is 2.27 bits per heavy atom. The number of aromatic amines is 1. The van der Waals surface area contributed by atoms with Gasteiger partial charge in [0, 0.05) is 19.4 Å². The van der Waals surface area contributed by atoms with E-state index >= 15 is 0 Å². The smallest absolute Gasteiger partial charge is 0.268 e. The molecule has 3 heterocycles. The van der Waals surface area contributed by atoms with Gasteiger partial charge in [-0.15, -0.1) is 0 Å². The number of aryl methyl sites for hydroxylation is 1. The van der Waals surface area contributed by atoms with Crippen molar-refractivity contribution in [2.75, 3.05) is 0 Å². The molecule has 0 fully saturated rings. The van der Waals surface area contributed by atoms with Crippen molar-refractivity contribution < 1.29 is 9.32 Å². The van der Waals surface area contributed by atoms with Crippen LogP contribution in [0.1, 0.15) is 16.4 Å². The van der Waals surface area contributed by atoms with Gasteiger partial charge in [-0.2, -0.15) is 4.98 Å². The molecule has 1 amide bonds. The zero-order valence-corrected chi connectivity index (χ0v) is 11.7. The van der Waals surface area contributed by atoms with E-state index in [2.05, 4.69) is 20.4 Å². The molecule has 0 bridgehead atoms. The van der Waals surface area contributed by atoms with Gasteiger partial charge in [-0.1, -0.05) is 5.16 Å². The lowest BCUT2D eigenvalue weighted by Gasteiger charge is -2.03. The van der Waals surface area contributed by atoms with Crippen molar-refractivity contribution in [2.24, 2.45) is 7.05 Å². The van der Waals surface area contributed by atoms with Gasteiger partial charge in [-0.3, -0.25) is 9.59 Å². The van der Waals surface area contributed by atoms with Crippen LogP contribution in [0.3, 0.4) is 0 Å². The second kappa shape index (κ2) is 5.68. The lowest BCUT2D eigenvalue weighted by Crippen LogP contribution is -2.24. The minimum Gasteiger partial charge on any atom is -0.347 e. The molecule has 0 spiro atoms. The van der Waals surface area contributed by atoms with Crippen LogP contribution in [0.4, 0.5) is 0 Å². The first-order chi connectivity index (χ1) is 10.6. The Kier molecular flexibility index (Phi) is 3.57. The summed E-state index contributed by atoms with van der Waals surface area (Å²) in [5.74, 6) is 0.163. The van der Waals surface area contributed by atoms with Crippen LogP contribution >= 0.6 is 0 Å². The molecular formula is C14H13N5O3. The maximum absolute atomic E-state index is 12.0. The zero-order valence-electron chi connectivity index (χ0n) is 11.7. The Morgan fingerprint density at radius 3 is 3.00 bits per heavy atom. The summed E-state index contributed by atoms with van der Waals surface area (Å²) in [6, 6.07) is 6.75. The van der Waals surface area contributed by atoms with Crippen LogP contribution in [-0.2, 0) is 13.6 Å². The SMILES string of the molecule is Cn1cccc1C(=O)NCc1nc(-c2ccc[nH]c2=O)no1. The Labute approximate surface area is 124 Å². The Balaban J connectivity index is 1.70. The molecule has 3 aromatic rings. The molecule has 0 atom stereocenters. The number of hydrogen-bond acceptors (Lipinski definition) is 5. The highest BCUT2D eigenvalue weighted by molar-refractivity contribution is 5.92. The van der Waals surface area contributed by atoms with Crippen LogP contribution in [0.5, 0.6) is 0 Å². The first-order valence-electron chi connectivity index (χ1n) is 6.55. The molecule has 0 unspecified atom stereocenters. The van der Waals surface area contributed by atoms with E-state index in [-0.39, 0.29) is 29.7 Å². The quantitative estimate of drug-likeness (QED) is 0.737. The van der Waals surface area contributed by atoms with E-state index < -0.39 is 0 Å². The highest BCUT2D eigenvalue weighted by Gasteiger charge is 2.13. The summed E-state index contributed by atoms with van der Waals surface area (Å²) in [5, 5.41) is 6.42. The van der Waals surface area contributed by atoms with E-state index in [4.69, 9.17) is 4.52 Å². The maximum atomic E-state index is 12.0. The van der Waals surface area contributed by atoms with Crippen molar-refractivity contribution in [2.45, 2.75) is 6.54 Å². The average Bonchev–Trinajstić information content (AvgIpc) is 3.14. The first-order valence-corrected chi connectivity index (χ1v) is 6.55. The molecule has 8 heteroatoms. The van der Waals surface area contributed by atoms with E-state index in [1.807, 2.05) is 0 Å². The third kappa shape index (κ3) is 2.66. The molecule has 0 saturated carbocycles. The van der Waals surface area contributed by atoms with E-state index in [9.17, 15) is 9.59 Å². The number of H-pyrrole nitrogens is 1. The monoisotopic (exact) mass is 299 g/mol. The van der Waals surface area contributed by atoms with Gasteiger partial charge in [-0.05, 0) is 24.3 Å². The molecule has 8 nitrogen and oxygen atoms in total. The fraction of sp³-hybridized carbons (Fsp3) is 0.143. The van der Waals surface area contributed by atoms with Crippen molar-refractivity contribution in [1.82, 2.24) is 25.0 Å². The fourth-order valence-electron chi connectivity index (χ4n) is 1.98. The number of hydrogen-bond donors (Lipinski definition) is 2. The minimum atomic E-state index is -0.303. The van der Waals surface area contributed by atoms with Gasteiger partial charge in [-0.25, -0.2) is 0 Å². The highest BCUT2D eigenvalue weighted by Crippen LogP contribution is 2.10. The van der Waals surface area contributed by atoms with E-state index in [1.165, 1.54) is 6.20 Å². The van der Waals surface area contributed by atoms with Crippen molar-refractivity contribution in [3.63, 3.8) is 0 Å². The predicted molar refractivity (Wildman–Crippen MR) is 76.9 cm³/mol. The third-order valence-corrected chi connectivity index (χ3v) is 3.10. The summed E-state index contributed by atoms with van der Waals surface area (Å²) in [4.78, 5) is 30.2. The largest absolute Gasteiger partial charge is 0.347 e. The molecule has 0 aliphatic carbocycles. The number of amides is 1. The highest BCUT2D eigenvalue weighted by atomic mass is 16.5. The lowest BCUT2D eigenvalue weighted by atomic mass is 10.3. The number of aromatic nitrogens is 4. The number of nitrogens with zero attached hydrogens (tertiary/aromatic N) is 3. The summed E-state index contributed by atoms with van der Waals surface area (Å²) >= 11 is 0. The molecule has 0 radical (unpaired) electrons. The molecule has 0 aliphatic rings. The standard InChI is InChI=1S/C14H13N5O3/c1-19-7-3-5-10(19)14(21)16-8-11-17-12(18-22-11)9-4-2-6-15-13(9)20/h2-7H,8H2,1H3,(H,15,20)(H,16,21). The van der Waals surface area contributed by atoms with Crippen LogP contribution in [-0.4, -0.2) is 25.6 Å². The lowest BCUT2D eigenvalue weighted by molar-refractivity contribution is 0.0938. The van der Waals surface area contributed by atoms with Crippen LogP contribution in [0.25, 0.3) is 11.4 Å². The predicted octanol–water partition coefficient (Wildman–Crippen LogP) is 0.693. The minimum absolute atomic E-state index is 0.0851. The summed E-state index contributed by atoms with van der Waals surface area (Å²) in [6.07, 6.45) is 3.30. The molecule has 0 aliphatic heterocycles. The van der Waals surface area contributed by atoms with E-state index in [1.54, 1.807) is 42.1 Å². The van der Waals surface area contributed by atoms with Gasteiger partial charge in [0.1, 0.15) is 5.69 Å². The van der Waals surface area contributed by atoms with Crippen LogP contribution < -0.4 is 10.9 Å². The maximum Gasteiger partial charge on any atom is 0.268 e. The Hall–Kier alpha value is -3.16. The normalized spacial score (nSPS) is 10.6. The molecule has 112 valence electrons. The van der Waals surface area contributed by atoms with E-state index in [0.29, 0.717) is 11.3 Å². The summed E-state index contributed by atoms with van der Waals surface area (Å²) in [6.45, 7) is 0.0851. The number of pyridine rings is 1. The summed E-state index contributed by atoms with van der Waals surface area (Å²) in [7, 11) is 1.78. The molecule has 3 rings (SSSR count). The second-order valence-electron chi connectivity index (χ2n) is 4.61. The van der Waals surface area contributed by atoms with Crippen LogP contribution in [0.2, 0.25) is 0 Å². The van der Waals surface area contributed by atoms with Crippen LogP contribution in [0.15, 0.2) is 46.0 Å². The van der Waals surface area contributed by atoms with Crippen LogP contribution in [0, 0.1) is 0 Å². The van der Waals surface area contributed by atoms with Gasteiger partial charge >= 0.3 is 0 Å². The fourth-order valence-corrected chi connectivity index (χ4v) is 1.98. The molecule has 0 saturated heterocycles. The molecule has 3 aromatic heterocycles. The van der Waals surface area contributed by atoms with Gasteiger partial charge in [0.05, 0.1) is 12.1 Å². The second-order valence-corrected chi connectivity index (χ2v) is 4.61. The van der Waals surface area contributed by atoms with E-state index in [0.717, 1.165) is 0 Å².